The molecule has 4 rings (SSSR count). The molecule has 1 N–H and O–H groups in total. The lowest BCUT2D eigenvalue weighted by Crippen LogP contribution is -2.28. The molecule has 2 aromatic carbocycles. The zero-order valence-electron chi connectivity index (χ0n) is 15.1. The maximum absolute atomic E-state index is 8.95. The molecule has 0 radical (unpaired) electrons. The third-order valence-electron chi connectivity index (χ3n) is 4.82. The average Bonchev–Trinajstić information content (AvgIpc) is 2.67. The molecular formula is C22H20N2O2S. The first kappa shape index (κ1) is 18.9. The molecule has 1 fully saturated rings. The van der Waals surface area contributed by atoms with Crippen molar-refractivity contribution in [3.63, 3.8) is 0 Å². The maximum Gasteiger partial charge on any atom is 0.290 e. The van der Waals surface area contributed by atoms with Crippen molar-refractivity contribution in [2.45, 2.75) is 35.8 Å². The van der Waals surface area contributed by atoms with Gasteiger partial charge in [-0.15, -0.1) is 11.8 Å². The monoisotopic (exact) mass is 376 g/mol. The Kier molecular flexibility index (Phi) is 5.78. The van der Waals surface area contributed by atoms with Crippen LogP contribution in [-0.2, 0) is 4.79 Å². The van der Waals surface area contributed by atoms with Crippen molar-refractivity contribution in [2.24, 2.45) is 0 Å². The van der Waals surface area contributed by atoms with E-state index in [1.165, 1.54) is 35.1 Å². The van der Waals surface area contributed by atoms with Gasteiger partial charge in [0.2, 0.25) is 0 Å². The molecule has 5 heteroatoms. The fraction of sp³-hybridized carbons (Fsp3) is 0.227. The molecule has 1 aliphatic carbocycles. The van der Waals surface area contributed by atoms with Crippen molar-refractivity contribution in [2.75, 3.05) is 0 Å². The number of carboxylic acid groups (broad SMARTS) is 1. The smallest absolute Gasteiger partial charge is 0.290 e. The Morgan fingerprint density at radius 3 is 2.41 bits per heavy atom. The van der Waals surface area contributed by atoms with Gasteiger partial charge in [0.15, 0.2) is 0 Å². The van der Waals surface area contributed by atoms with Crippen LogP contribution in [0.5, 0.6) is 0 Å². The SMILES string of the molecule is CC1(Sc2ccnc3ccc(-c4ccc(C#N)cc4)cc23)CCC1.O=CO. The van der Waals surface area contributed by atoms with Crippen LogP contribution in [0, 0.1) is 11.3 Å². The summed E-state index contributed by atoms with van der Waals surface area (Å²) < 4.78 is 0.374. The number of benzene rings is 2. The molecule has 4 nitrogen and oxygen atoms in total. The molecule has 1 aromatic heterocycles. The molecule has 0 saturated heterocycles. The number of aromatic nitrogens is 1. The van der Waals surface area contributed by atoms with Crippen molar-refractivity contribution in [1.29, 1.82) is 5.26 Å². The summed E-state index contributed by atoms with van der Waals surface area (Å²) in [5, 5.41) is 17.1. The van der Waals surface area contributed by atoms with Gasteiger partial charge in [-0.3, -0.25) is 9.78 Å². The van der Waals surface area contributed by atoms with Crippen molar-refractivity contribution in [3.8, 4) is 17.2 Å². The molecule has 136 valence electrons. The van der Waals surface area contributed by atoms with Crippen molar-refractivity contribution in [3.05, 3.63) is 60.3 Å². The second-order valence-electron chi connectivity index (χ2n) is 6.74. The van der Waals surface area contributed by atoms with E-state index in [0.717, 1.165) is 11.1 Å². The molecule has 0 aliphatic heterocycles. The molecule has 3 aromatic rings. The highest BCUT2D eigenvalue weighted by Crippen LogP contribution is 2.48. The number of fused-ring (bicyclic) bond motifs is 1. The summed E-state index contributed by atoms with van der Waals surface area (Å²) in [5.41, 5.74) is 4.03. The highest BCUT2D eigenvalue weighted by molar-refractivity contribution is 8.01. The lowest BCUT2D eigenvalue weighted by Gasteiger charge is -2.37. The van der Waals surface area contributed by atoms with Crippen molar-refractivity contribution >= 4 is 29.1 Å². The van der Waals surface area contributed by atoms with Gasteiger partial charge in [0.05, 0.1) is 17.1 Å². The number of hydrogen-bond donors (Lipinski definition) is 1. The number of nitriles is 1. The Morgan fingerprint density at radius 2 is 1.81 bits per heavy atom. The van der Waals surface area contributed by atoms with E-state index in [-0.39, 0.29) is 6.47 Å². The first-order valence-electron chi connectivity index (χ1n) is 8.75. The van der Waals surface area contributed by atoms with Crippen molar-refractivity contribution in [1.82, 2.24) is 4.98 Å². The summed E-state index contributed by atoms with van der Waals surface area (Å²) in [5.74, 6) is 0. The van der Waals surface area contributed by atoms with Gasteiger partial charge < -0.3 is 5.11 Å². The standard InChI is InChI=1S/C21H18N2S.CH2O2/c1-21(10-2-11-21)24-20-9-12-23-19-8-7-17(13-18(19)20)16-5-3-15(14-22)4-6-16;2-1-3/h3-9,12-13H,2,10-11H2,1H3;1H,(H,2,3). The lowest BCUT2D eigenvalue weighted by molar-refractivity contribution is -0.122. The van der Waals surface area contributed by atoms with Crippen LogP contribution in [0.3, 0.4) is 0 Å². The zero-order chi connectivity index (χ0) is 19.3. The first-order chi connectivity index (χ1) is 13.1. The van der Waals surface area contributed by atoms with Crippen LogP contribution >= 0.6 is 11.8 Å². The predicted octanol–water partition coefficient (Wildman–Crippen LogP) is 5.51. The van der Waals surface area contributed by atoms with Gasteiger partial charge in [0.25, 0.3) is 6.47 Å². The van der Waals surface area contributed by atoms with Crippen LogP contribution in [0.15, 0.2) is 59.6 Å². The lowest BCUT2D eigenvalue weighted by atomic mass is 9.86. The number of nitrogens with zero attached hydrogens (tertiary/aromatic N) is 2. The molecule has 1 heterocycles. The third kappa shape index (κ3) is 4.29. The molecule has 0 spiro atoms. The van der Waals surface area contributed by atoms with Gasteiger partial charge in [-0.1, -0.05) is 31.5 Å². The molecule has 1 aliphatic rings. The van der Waals surface area contributed by atoms with E-state index >= 15 is 0 Å². The molecule has 1 saturated carbocycles. The first-order valence-corrected chi connectivity index (χ1v) is 9.56. The van der Waals surface area contributed by atoms with Gasteiger partial charge in [0.1, 0.15) is 0 Å². The summed E-state index contributed by atoms with van der Waals surface area (Å²) in [6.45, 7) is 2.11. The largest absolute Gasteiger partial charge is 0.483 e. The Bertz CT molecular complexity index is 989. The summed E-state index contributed by atoms with van der Waals surface area (Å²) in [6, 6.07) is 18.5. The third-order valence-corrected chi connectivity index (χ3v) is 6.29. The van der Waals surface area contributed by atoms with E-state index in [4.69, 9.17) is 15.2 Å². The highest BCUT2D eigenvalue weighted by atomic mass is 32.2. The number of hydrogen-bond acceptors (Lipinski definition) is 4. The fourth-order valence-electron chi connectivity index (χ4n) is 3.17. The van der Waals surface area contributed by atoms with E-state index < -0.39 is 0 Å². The topological polar surface area (TPSA) is 74.0 Å². The minimum absolute atomic E-state index is 0.250. The van der Waals surface area contributed by atoms with Crippen LogP contribution in [0.4, 0.5) is 0 Å². The van der Waals surface area contributed by atoms with Crippen LogP contribution in [0.25, 0.3) is 22.0 Å². The van der Waals surface area contributed by atoms with E-state index in [1.54, 1.807) is 0 Å². The van der Waals surface area contributed by atoms with Gasteiger partial charge >= 0.3 is 0 Å². The molecule has 0 amide bonds. The number of rotatable bonds is 3. The average molecular weight is 376 g/mol. The molecular weight excluding hydrogens is 356 g/mol. The molecule has 27 heavy (non-hydrogen) atoms. The highest BCUT2D eigenvalue weighted by Gasteiger charge is 2.33. The minimum Gasteiger partial charge on any atom is -0.483 e. The van der Waals surface area contributed by atoms with Crippen LogP contribution in [-0.4, -0.2) is 21.3 Å². The number of carbonyl (C=O) groups is 1. The fourth-order valence-corrected chi connectivity index (χ4v) is 4.60. The van der Waals surface area contributed by atoms with E-state index in [2.05, 4.69) is 42.2 Å². The summed E-state index contributed by atoms with van der Waals surface area (Å²) in [6.07, 6.45) is 5.82. The number of thioether (sulfide) groups is 1. The van der Waals surface area contributed by atoms with Crippen LogP contribution in [0.2, 0.25) is 0 Å². The maximum atomic E-state index is 8.95. The van der Waals surface area contributed by atoms with Gasteiger partial charge in [-0.25, -0.2) is 0 Å². The number of pyridine rings is 1. The Morgan fingerprint density at radius 1 is 1.15 bits per heavy atom. The van der Waals surface area contributed by atoms with Crippen LogP contribution < -0.4 is 0 Å². The second kappa shape index (κ2) is 8.24. The zero-order valence-corrected chi connectivity index (χ0v) is 15.9. The molecule has 0 unspecified atom stereocenters. The van der Waals surface area contributed by atoms with E-state index in [0.29, 0.717) is 10.3 Å². The Hall–Kier alpha value is -2.84. The Balaban J connectivity index is 0.000000659. The second-order valence-corrected chi connectivity index (χ2v) is 8.37. The van der Waals surface area contributed by atoms with Crippen LogP contribution in [0.1, 0.15) is 31.7 Å². The summed E-state index contributed by atoms with van der Waals surface area (Å²) in [7, 11) is 0. The molecule has 0 bridgehead atoms. The van der Waals surface area contributed by atoms with Gasteiger partial charge in [-0.05, 0) is 54.3 Å². The normalized spacial score (nSPS) is 14.4. The Labute approximate surface area is 162 Å². The quantitative estimate of drug-likeness (QED) is 0.610. The van der Waals surface area contributed by atoms with E-state index in [9.17, 15) is 0 Å². The van der Waals surface area contributed by atoms with Gasteiger partial charge in [0, 0.05) is 21.2 Å². The van der Waals surface area contributed by atoms with Crippen molar-refractivity contribution < 1.29 is 9.90 Å². The van der Waals surface area contributed by atoms with E-state index in [1.807, 2.05) is 42.2 Å². The van der Waals surface area contributed by atoms with Gasteiger partial charge in [-0.2, -0.15) is 5.26 Å². The summed E-state index contributed by atoms with van der Waals surface area (Å²) in [4.78, 5) is 14.2. The summed E-state index contributed by atoms with van der Waals surface area (Å²) >= 11 is 1.99. The minimum atomic E-state index is -0.250. The predicted molar refractivity (Wildman–Crippen MR) is 109 cm³/mol. The molecule has 0 atom stereocenters.